The third-order valence-corrected chi connectivity index (χ3v) is 5.01. The highest BCUT2D eigenvalue weighted by Crippen LogP contribution is 2.28. The van der Waals surface area contributed by atoms with Gasteiger partial charge in [0.2, 0.25) is 0 Å². The summed E-state index contributed by atoms with van der Waals surface area (Å²) in [6.07, 6.45) is 1.15. The van der Waals surface area contributed by atoms with Gasteiger partial charge in [0.15, 0.2) is 0 Å². The van der Waals surface area contributed by atoms with Gasteiger partial charge in [-0.25, -0.2) is 0 Å². The molecule has 0 aromatic heterocycles. The Balaban J connectivity index is 2.03. The molecule has 0 unspecified atom stereocenters. The minimum absolute atomic E-state index is 0.127. The van der Waals surface area contributed by atoms with Gasteiger partial charge in [0.1, 0.15) is 16.9 Å². The topological polar surface area (TPSA) is 144 Å². The number of hydrogen-bond acceptors (Lipinski definition) is 6. The Bertz CT molecular complexity index is 1270. The maximum Gasteiger partial charge on any atom is 0.292 e. The van der Waals surface area contributed by atoms with Gasteiger partial charge < -0.3 is 10.6 Å². The molecule has 0 aliphatic rings. The molecule has 0 fully saturated rings. The number of amides is 2. The van der Waals surface area contributed by atoms with Crippen LogP contribution in [0.1, 0.15) is 5.56 Å². The second kappa shape index (κ2) is 10.6. The van der Waals surface area contributed by atoms with E-state index in [0.717, 1.165) is 6.08 Å². The van der Waals surface area contributed by atoms with Crippen molar-refractivity contribution in [3.8, 4) is 0 Å². The Labute approximate surface area is 202 Å². The first-order chi connectivity index (χ1) is 16.2. The monoisotopic (exact) mass is 500 g/mol. The van der Waals surface area contributed by atoms with Crippen molar-refractivity contribution in [2.75, 3.05) is 10.6 Å². The third-order valence-electron chi connectivity index (χ3n) is 4.45. The summed E-state index contributed by atoms with van der Waals surface area (Å²) in [5.74, 6) is -2.01. The molecule has 2 N–H and O–H groups in total. The first-order valence-corrected chi connectivity index (χ1v) is 10.2. The molecule has 0 atom stereocenters. The minimum Gasteiger partial charge on any atom is -0.316 e. The smallest absolute Gasteiger partial charge is 0.292 e. The van der Waals surface area contributed by atoms with E-state index in [0.29, 0.717) is 5.02 Å². The average Bonchev–Trinajstić information content (AvgIpc) is 2.78. The molecule has 2 amide bonds. The minimum atomic E-state index is -1.00. The highest BCUT2D eigenvalue weighted by Gasteiger charge is 2.24. The quantitative estimate of drug-likeness (QED) is 0.144. The summed E-state index contributed by atoms with van der Waals surface area (Å²) in [6.45, 7) is 0. The van der Waals surface area contributed by atoms with Crippen molar-refractivity contribution in [1.29, 1.82) is 0 Å². The fraction of sp³-hybridized carbons (Fsp3) is 0. The third kappa shape index (κ3) is 5.74. The van der Waals surface area contributed by atoms with E-state index in [1.807, 2.05) is 0 Å². The van der Waals surface area contributed by atoms with E-state index in [2.05, 4.69) is 10.6 Å². The second-order valence-corrected chi connectivity index (χ2v) is 7.52. The van der Waals surface area contributed by atoms with Crippen LogP contribution in [-0.2, 0) is 9.59 Å². The predicted molar refractivity (Wildman–Crippen MR) is 128 cm³/mol. The van der Waals surface area contributed by atoms with E-state index in [4.69, 9.17) is 23.2 Å². The second-order valence-electron chi connectivity index (χ2n) is 6.68. The van der Waals surface area contributed by atoms with Crippen LogP contribution in [0.2, 0.25) is 10.0 Å². The molecule has 3 rings (SSSR count). The predicted octanol–water partition coefficient (Wildman–Crippen LogP) is 5.47. The van der Waals surface area contributed by atoms with Gasteiger partial charge in [0.05, 0.1) is 9.85 Å². The van der Waals surface area contributed by atoms with Crippen LogP contribution < -0.4 is 10.6 Å². The van der Waals surface area contributed by atoms with Crippen LogP contribution in [0.25, 0.3) is 6.08 Å². The van der Waals surface area contributed by atoms with Crippen LogP contribution in [0.15, 0.2) is 72.3 Å². The molecule has 12 heteroatoms. The van der Waals surface area contributed by atoms with E-state index >= 15 is 0 Å². The summed E-state index contributed by atoms with van der Waals surface area (Å²) in [5.41, 5.74) is -1.34. The number of halogens is 2. The molecule has 172 valence electrons. The highest BCUT2D eigenvalue weighted by molar-refractivity contribution is 6.36. The van der Waals surface area contributed by atoms with Crippen molar-refractivity contribution in [2.45, 2.75) is 0 Å². The lowest BCUT2D eigenvalue weighted by Gasteiger charge is -2.11. The van der Waals surface area contributed by atoms with Crippen molar-refractivity contribution in [2.24, 2.45) is 0 Å². The van der Waals surface area contributed by atoms with Crippen LogP contribution in [0.3, 0.4) is 0 Å². The summed E-state index contributed by atoms with van der Waals surface area (Å²) in [5, 5.41) is 27.7. The molecule has 0 heterocycles. The number of nitrogens with one attached hydrogen (secondary N) is 2. The van der Waals surface area contributed by atoms with Crippen molar-refractivity contribution in [3.63, 3.8) is 0 Å². The fourth-order valence-electron chi connectivity index (χ4n) is 2.86. The lowest BCUT2D eigenvalue weighted by molar-refractivity contribution is -0.384. The zero-order valence-corrected chi connectivity index (χ0v) is 18.5. The van der Waals surface area contributed by atoms with Crippen LogP contribution in [0.5, 0.6) is 0 Å². The van der Waals surface area contributed by atoms with Crippen LogP contribution >= 0.6 is 23.2 Å². The number of nitro groups is 2. The molecule has 34 heavy (non-hydrogen) atoms. The number of rotatable bonds is 7. The molecule has 10 nitrogen and oxygen atoms in total. The number of anilines is 2. The molecule has 0 saturated carbocycles. The summed E-state index contributed by atoms with van der Waals surface area (Å²) in [4.78, 5) is 47.3. The highest BCUT2D eigenvalue weighted by atomic mass is 35.5. The normalized spacial score (nSPS) is 10.2. The zero-order valence-electron chi connectivity index (χ0n) is 17.0. The zero-order chi connectivity index (χ0) is 24.8. The van der Waals surface area contributed by atoms with Crippen molar-refractivity contribution in [1.82, 2.24) is 0 Å². The van der Waals surface area contributed by atoms with Gasteiger partial charge in [0, 0.05) is 22.2 Å². The standard InChI is InChI=1S/C22H14Cl2N4O6/c23-14-10-9-13(16(24)12-14)11-15(21(29)25-17-5-1-3-7-19(17)27(31)32)22(30)26-18-6-2-4-8-20(18)28(33)34/h1-12H,(H,25,29)(H,26,30). The summed E-state index contributed by atoms with van der Waals surface area (Å²) < 4.78 is 0. The maximum atomic E-state index is 13.1. The number of carbonyl (C=O) groups is 2. The molecule has 0 aliphatic heterocycles. The Hall–Kier alpha value is -4.28. The number of nitro benzene ring substituents is 2. The Morgan fingerprint density at radius 3 is 1.68 bits per heavy atom. The van der Waals surface area contributed by atoms with E-state index < -0.39 is 27.2 Å². The molecular weight excluding hydrogens is 487 g/mol. The molecular formula is C22H14Cl2N4O6. The summed E-state index contributed by atoms with van der Waals surface area (Å²) >= 11 is 12.1. The SMILES string of the molecule is O=C(Nc1ccccc1[N+](=O)[O-])C(=Cc1ccc(Cl)cc1Cl)C(=O)Nc1ccccc1[N+](=O)[O-]. The van der Waals surface area contributed by atoms with Crippen LogP contribution in [-0.4, -0.2) is 21.7 Å². The van der Waals surface area contributed by atoms with E-state index in [1.54, 1.807) is 0 Å². The van der Waals surface area contributed by atoms with Gasteiger partial charge in [-0.15, -0.1) is 0 Å². The van der Waals surface area contributed by atoms with Crippen LogP contribution in [0, 0.1) is 20.2 Å². The fourth-order valence-corrected chi connectivity index (χ4v) is 3.33. The van der Waals surface area contributed by atoms with Gasteiger partial charge >= 0.3 is 0 Å². The molecule has 0 bridgehead atoms. The Morgan fingerprint density at radius 1 is 0.765 bits per heavy atom. The van der Waals surface area contributed by atoms with Gasteiger partial charge in [-0.05, 0) is 35.9 Å². The number of para-hydroxylation sites is 4. The molecule has 0 radical (unpaired) electrons. The molecule has 3 aromatic rings. The summed E-state index contributed by atoms with van der Waals surface area (Å²) in [7, 11) is 0. The maximum absolute atomic E-state index is 13.1. The number of nitrogens with zero attached hydrogens (tertiary/aromatic N) is 2. The first kappa shape index (κ1) is 24.4. The largest absolute Gasteiger partial charge is 0.316 e. The molecule has 0 aliphatic carbocycles. The van der Waals surface area contributed by atoms with Gasteiger partial charge in [-0.2, -0.15) is 0 Å². The average molecular weight is 501 g/mol. The van der Waals surface area contributed by atoms with E-state index in [1.165, 1.54) is 66.7 Å². The number of benzene rings is 3. The molecule has 0 spiro atoms. The van der Waals surface area contributed by atoms with Gasteiger partial charge in [0.25, 0.3) is 23.2 Å². The lowest BCUT2D eigenvalue weighted by Crippen LogP contribution is -2.26. The molecule has 3 aromatic carbocycles. The van der Waals surface area contributed by atoms with Crippen molar-refractivity contribution < 1.29 is 19.4 Å². The van der Waals surface area contributed by atoms with E-state index in [-0.39, 0.29) is 33.3 Å². The van der Waals surface area contributed by atoms with Crippen LogP contribution in [0.4, 0.5) is 22.7 Å². The number of hydrogen-bond donors (Lipinski definition) is 2. The van der Waals surface area contributed by atoms with Gasteiger partial charge in [-0.1, -0.05) is 53.5 Å². The van der Waals surface area contributed by atoms with Crippen molar-refractivity contribution in [3.05, 3.63) is 108 Å². The van der Waals surface area contributed by atoms with Gasteiger partial charge in [-0.3, -0.25) is 29.8 Å². The van der Waals surface area contributed by atoms with E-state index in [9.17, 15) is 29.8 Å². The van der Waals surface area contributed by atoms with Crippen molar-refractivity contribution >= 4 is 63.8 Å². The Kier molecular flexibility index (Phi) is 7.57. The molecule has 0 saturated heterocycles. The Morgan fingerprint density at radius 2 is 1.24 bits per heavy atom. The first-order valence-electron chi connectivity index (χ1n) is 9.43. The lowest BCUT2D eigenvalue weighted by atomic mass is 10.1. The number of carbonyl (C=O) groups excluding carboxylic acids is 2. The summed E-state index contributed by atoms with van der Waals surface area (Å²) in [6, 6.07) is 15.1.